The van der Waals surface area contributed by atoms with Gasteiger partial charge in [0.25, 0.3) is 0 Å². The molecule has 0 fully saturated rings. The molecule has 3 aromatic rings. The van der Waals surface area contributed by atoms with Crippen LogP contribution in [0.3, 0.4) is 0 Å². The van der Waals surface area contributed by atoms with Crippen molar-refractivity contribution in [2.45, 2.75) is 25.7 Å². The Hall–Kier alpha value is -2.61. The van der Waals surface area contributed by atoms with E-state index in [0.29, 0.717) is 6.73 Å². The Labute approximate surface area is 142 Å². The molecule has 1 aliphatic carbocycles. The molecule has 2 heteroatoms. The number of hydrogen-bond donors (Lipinski definition) is 0. The zero-order valence-electron chi connectivity index (χ0n) is 13.7. The van der Waals surface area contributed by atoms with Gasteiger partial charge in [0.15, 0.2) is 6.73 Å². The quantitative estimate of drug-likeness (QED) is 0.507. The van der Waals surface area contributed by atoms with Gasteiger partial charge in [-0.1, -0.05) is 48.5 Å². The molecule has 0 aromatic heterocycles. The summed E-state index contributed by atoms with van der Waals surface area (Å²) in [4.78, 5) is 3.74. The number of aliphatic imine (C=N–C) groups is 1. The van der Waals surface area contributed by atoms with Crippen LogP contribution in [0.5, 0.6) is 0 Å². The molecule has 0 amide bonds. The number of aryl methyl sites for hydroxylation is 2. The van der Waals surface area contributed by atoms with Gasteiger partial charge in [0.1, 0.15) is 0 Å². The molecule has 0 unspecified atom stereocenters. The zero-order chi connectivity index (χ0) is 16.2. The van der Waals surface area contributed by atoms with Crippen LogP contribution >= 0.6 is 0 Å². The smallest absolute Gasteiger partial charge is 0.178 e. The predicted molar refractivity (Wildman–Crippen MR) is 102 cm³/mol. The molecule has 0 saturated carbocycles. The van der Waals surface area contributed by atoms with Crippen LogP contribution < -0.4 is 0 Å². The van der Waals surface area contributed by atoms with Gasteiger partial charge >= 0.3 is 0 Å². The van der Waals surface area contributed by atoms with E-state index >= 15 is 0 Å². The van der Waals surface area contributed by atoms with Crippen LogP contribution in [0.4, 0.5) is 0 Å². The van der Waals surface area contributed by atoms with Gasteiger partial charge in [-0.2, -0.15) is 0 Å². The zero-order valence-corrected chi connectivity index (χ0v) is 13.7. The van der Waals surface area contributed by atoms with Crippen molar-refractivity contribution >= 4 is 27.8 Å². The molecule has 1 aliphatic heterocycles. The first-order chi connectivity index (χ1) is 11.9. The summed E-state index contributed by atoms with van der Waals surface area (Å²) in [5.41, 5.74) is 3.17. The molecule has 120 valence electrons. The van der Waals surface area contributed by atoms with Gasteiger partial charge in [-0.15, -0.1) is 0 Å². The van der Waals surface area contributed by atoms with Gasteiger partial charge in [0.05, 0.1) is 6.26 Å². The second-order valence-electron chi connectivity index (χ2n) is 6.25. The number of fused-ring (bicyclic) bond motifs is 5. The van der Waals surface area contributed by atoms with E-state index in [-0.39, 0.29) is 0 Å². The lowest BCUT2D eigenvalue weighted by atomic mass is 9.86. The lowest BCUT2D eigenvalue weighted by Gasteiger charge is -2.18. The summed E-state index contributed by atoms with van der Waals surface area (Å²) in [6.45, 7) is 0.483. The number of rotatable bonds is 0. The molecule has 0 spiro atoms. The standard InChI is InChI=1S/C18H16.C4H5NO/c1-3-7-15-13(5-1)9-11-18-16-8-4-2-6-14(16)10-12-17(15)18;1-2-5-4-6-3-1/h1,3,5,7,9-12H,2,4,6,8H2;1-3H,4H2. The van der Waals surface area contributed by atoms with Crippen LogP contribution in [0.2, 0.25) is 0 Å². The van der Waals surface area contributed by atoms with Crippen molar-refractivity contribution in [1.29, 1.82) is 0 Å². The fourth-order valence-electron chi connectivity index (χ4n) is 3.62. The van der Waals surface area contributed by atoms with E-state index in [9.17, 15) is 0 Å². The molecule has 0 N–H and O–H groups in total. The lowest BCUT2D eigenvalue weighted by molar-refractivity contribution is 0.259. The fraction of sp³-hybridized carbons (Fsp3) is 0.227. The van der Waals surface area contributed by atoms with Gasteiger partial charge in [-0.25, -0.2) is 0 Å². The van der Waals surface area contributed by atoms with Gasteiger partial charge in [-0.05, 0) is 64.4 Å². The van der Waals surface area contributed by atoms with E-state index in [4.69, 9.17) is 4.74 Å². The van der Waals surface area contributed by atoms with Crippen molar-refractivity contribution in [2.75, 3.05) is 6.73 Å². The molecule has 0 bridgehead atoms. The van der Waals surface area contributed by atoms with Gasteiger partial charge in [0, 0.05) is 6.21 Å². The van der Waals surface area contributed by atoms with Crippen LogP contribution in [0.1, 0.15) is 24.0 Å². The summed E-state index contributed by atoms with van der Waals surface area (Å²) in [5, 5.41) is 5.64. The maximum atomic E-state index is 4.69. The Morgan fingerprint density at radius 2 is 1.67 bits per heavy atom. The molecule has 5 rings (SSSR count). The summed E-state index contributed by atoms with van der Waals surface area (Å²) in [7, 11) is 0. The van der Waals surface area contributed by atoms with E-state index in [1.165, 1.54) is 47.2 Å². The number of allylic oxidation sites excluding steroid dienone is 1. The number of ether oxygens (including phenoxy) is 1. The molecule has 0 atom stereocenters. The van der Waals surface area contributed by atoms with Crippen LogP contribution in [0.15, 0.2) is 65.9 Å². The molecule has 0 saturated heterocycles. The predicted octanol–water partition coefficient (Wildman–Crippen LogP) is 5.43. The highest BCUT2D eigenvalue weighted by Crippen LogP contribution is 2.33. The highest BCUT2D eigenvalue weighted by atomic mass is 16.5. The normalized spacial score (nSPS) is 15.5. The first-order valence-corrected chi connectivity index (χ1v) is 8.62. The molecule has 0 radical (unpaired) electrons. The number of hydrogen-bond acceptors (Lipinski definition) is 2. The van der Waals surface area contributed by atoms with Gasteiger partial charge < -0.3 is 4.74 Å². The minimum absolute atomic E-state index is 0.483. The molecule has 1 heterocycles. The summed E-state index contributed by atoms with van der Waals surface area (Å²) >= 11 is 0. The fourth-order valence-corrected chi connectivity index (χ4v) is 3.62. The minimum Gasteiger partial charge on any atom is -0.479 e. The van der Waals surface area contributed by atoms with Crippen LogP contribution in [0, 0.1) is 0 Å². The third-order valence-electron chi connectivity index (χ3n) is 4.77. The Bertz CT molecular complexity index is 912. The highest BCUT2D eigenvalue weighted by molar-refractivity contribution is 6.08. The van der Waals surface area contributed by atoms with Gasteiger partial charge in [0.2, 0.25) is 0 Å². The number of nitrogens with zero attached hydrogens (tertiary/aromatic N) is 1. The van der Waals surface area contributed by atoms with Crippen molar-refractivity contribution in [3.05, 3.63) is 72.0 Å². The summed E-state index contributed by atoms with van der Waals surface area (Å²) in [6, 6.07) is 18.0. The molecular weight excluding hydrogens is 294 g/mol. The van der Waals surface area contributed by atoms with E-state index in [1.807, 2.05) is 0 Å². The van der Waals surface area contributed by atoms with Crippen molar-refractivity contribution in [3.8, 4) is 0 Å². The van der Waals surface area contributed by atoms with Crippen LogP contribution in [-0.4, -0.2) is 12.9 Å². The number of benzene rings is 3. The van der Waals surface area contributed by atoms with Crippen molar-refractivity contribution in [2.24, 2.45) is 4.99 Å². The van der Waals surface area contributed by atoms with Crippen molar-refractivity contribution in [1.82, 2.24) is 0 Å². The third-order valence-corrected chi connectivity index (χ3v) is 4.77. The third kappa shape index (κ3) is 2.92. The van der Waals surface area contributed by atoms with E-state index in [1.54, 1.807) is 29.7 Å². The average molecular weight is 315 g/mol. The first kappa shape index (κ1) is 14.9. The maximum Gasteiger partial charge on any atom is 0.178 e. The lowest BCUT2D eigenvalue weighted by Crippen LogP contribution is -2.02. The minimum atomic E-state index is 0.483. The molecular formula is C22H21NO. The average Bonchev–Trinajstić information content (AvgIpc) is 2.69. The van der Waals surface area contributed by atoms with Crippen LogP contribution in [-0.2, 0) is 17.6 Å². The monoisotopic (exact) mass is 315 g/mol. The Morgan fingerprint density at radius 1 is 0.792 bits per heavy atom. The van der Waals surface area contributed by atoms with Crippen molar-refractivity contribution in [3.63, 3.8) is 0 Å². The summed E-state index contributed by atoms with van der Waals surface area (Å²) < 4.78 is 4.69. The molecule has 2 aliphatic rings. The largest absolute Gasteiger partial charge is 0.479 e. The Morgan fingerprint density at radius 3 is 2.46 bits per heavy atom. The van der Waals surface area contributed by atoms with Crippen LogP contribution in [0.25, 0.3) is 21.5 Å². The maximum absolute atomic E-state index is 4.69. The second kappa shape index (κ2) is 6.88. The van der Waals surface area contributed by atoms with E-state index < -0.39 is 0 Å². The Balaban J connectivity index is 0.000000207. The molecule has 24 heavy (non-hydrogen) atoms. The van der Waals surface area contributed by atoms with Crippen molar-refractivity contribution < 1.29 is 4.74 Å². The second-order valence-corrected chi connectivity index (χ2v) is 6.25. The Kier molecular flexibility index (Phi) is 4.28. The summed E-state index contributed by atoms with van der Waals surface area (Å²) in [5.74, 6) is 0. The first-order valence-electron chi connectivity index (χ1n) is 8.62. The van der Waals surface area contributed by atoms with E-state index in [0.717, 1.165) is 0 Å². The highest BCUT2D eigenvalue weighted by Gasteiger charge is 2.13. The SMILES string of the molecule is C1=COCN=C1.c1ccc2c(c1)ccc1c3c(ccc12)CCCC3. The van der Waals surface area contributed by atoms with E-state index in [2.05, 4.69) is 53.5 Å². The topological polar surface area (TPSA) is 21.6 Å². The van der Waals surface area contributed by atoms with Gasteiger partial charge in [-0.3, -0.25) is 4.99 Å². The molecule has 2 nitrogen and oxygen atoms in total. The molecule has 3 aromatic carbocycles. The summed E-state index contributed by atoms with van der Waals surface area (Å²) in [6.07, 6.45) is 10.3.